The first-order chi connectivity index (χ1) is 13.3. The molecule has 1 aliphatic rings. The summed E-state index contributed by atoms with van der Waals surface area (Å²) in [5.41, 5.74) is 1.95. The minimum absolute atomic E-state index is 0.104. The molecule has 0 bridgehead atoms. The second-order valence-electron chi connectivity index (χ2n) is 6.47. The van der Waals surface area contributed by atoms with Crippen LogP contribution in [0.1, 0.15) is 30.0 Å². The first-order valence-corrected chi connectivity index (χ1v) is 9.43. The number of nitrogens with one attached hydrogen (secondary N) is 1. The summed E-state index contributed by atoms with van der Waals surface area (Å²) in [7, 11) is 0. The van der Waals surface area contributed by atoms with E-state index in [1.807, 2.05) is 60.7 Å². The van der Waals surface area contributed by atoms with Crippen LogP contribution in [-0.4, -0.2) is 33.3 Å². The van der Waals surface area contributed by atoms with Crippen LogP contribution in [0.25, 0.3) is 11.3 Å². The zero-order chi connectivity index (χ0) is 18.6. The number of benzene rings is 1. The van der Waals surface area contributed by atoms with E-state index in [-0.39, 0.29) is 18.7 Å². The Morgan fingerprint density at radius 1 is 1.07 bits per heavy atom. The molecule has 1 aromatic carbocycles. The Morgan fingerprint density at radius 3 is 2.63 bits per heavy atom. The van der Waals surface area contributed by atoms with E-state index in [1.54, 1.807) is 6.20 Å². The fourth-order valence-corrected chi connectivity index (χ4v) is 3.80. The van der Waals surface area contributed by atoms with Crippen LogP contribution in [0.15, 0.2) is 71.3 Å². The lowest BCUT2D eigenvalue weighted by atomic mass is 10.0. The van der Waals surface area contributed by atoms with E-state index < -0.39 is 0 Å². The van der Waals surface area contributed by atoms with Crippen LogP contribution in [0, 0.1) is 0 Å². The monoisotopic (exact) mass is 379 g/mol. The van der Waals surface area contributed by atoms with Crippen LogP contribution in [0.3, 0.4) is 0 Å². The van der Waals surface area contributed by atoms with E-state index >= 15 is 0 Å². The molecule has 5 nitrogen and oxygen atoms in total. The van der Waals surface area contributed by atoms with Gasteiger partial charge in [0.15, 0.2) is 5.11 Å². The van der Waals surface area contributed by atoms with Crippen molar-refractivity contribution in [1.29, 1.82) is 0 Å². The molecule has 0 amide bonds. The summed E-state index contributed by atoms with van der Waals surface area (Å²) >= 11 is 5.57. The molecule has 1 aliphatic heterocycles. The van der Waals surface area contributed by atoms with E-state index in [4.69, 9.17) is 16.6 Å². The zero-order valence-corrected chi connectivity index (χ0v) is 15.6. The first kappa shape index (κ1) is 17.7. The van der Waals surface area contributed by atoms with E-state index in [2.05, 4.69) is 15.2 Å². The molecule has 27 heavy (non-hydrogen) atoms. The van der Waals surface area contributed by atoms with Crippen LogP contribution in [0.4, 0.5) is 0 Å². The molecular formula is C21H21N3O2S. The lowest BCUT2D eigenvalue weighted by molar-refractivity contribution is 0.233. The van der Waals surface area contributed by atoms with Gasteiger partial charge >= 0.3 is 0 Å². The Morgan fingerprint density at radius 2 is 1.89 bits per heavy atom. The van der Waals surface area contributed by atoms with Crippen molar-refractivity contribution in [2.45, 2.75) is 18.5 Å². The van der Waals surface area contributed by atoms with Crippen molar-refractivity contribution in [2.75, 3.05) is 13.2 Å². The third kappa shape index (κ3) is 3.59. The van der Waals surface area contributed by atoms with E-state index in [9.17, 15) is 5.11 Å². The first-order valence-electron chi connectivity index (χ1n) is 9.02. The van der Waals surface area contributed by atoms with Crippen molar-refractivity contribution in [2.24, 2.45) is 0 Å². The molecule has 1 saturated heterocycles. The van der Waals surface area contributed by atoms with Crippen molar-refractivity contribution in [3.63, 3.8) is 0 Å². The Hall–Kier alpha value is -2.70. The van der Waals surface area contributed by atoms with Gasteiger partial charge in [0.2, 0.25) is 0 Å². The van der Waals surface area contributed by atoms with E-state index in [0.717, 1.165) is 22.8 Å². The second kappa shape index (κ2) is 7.90. The molecule has 4 rings (SSSR count). The number of aliphatic hydroxyl groups excluding tert-OH is 1. The highest BCUT2D eigenvalue weighted by Crippen LogP contribution is 2.40. The third-order valence-electron chi connectivity index (χ3n) is 4.73. The van der Waals surface area contributed by atoms with Crippen LogP contribution in [0.5, 0.6) is 0 Å². The number of hydrogen-bond acceptors (Lipinski definition) is 4. The Labute approximate surface area is 163 Å². The molecule has 138 valence electrons. The average Bonchev–Trinajstić information content (AvgIpc) is 3.32. The van der Waals surface area contributed by atoms with Crippen LogP contribution in [-0.2, 0) is 0 Å². The number of furan rings is 1. The summed E-state index contributed by atoms with van der Waals surface area (Å²) in [6, 6.07) is 19.7. The molecule has 0 saturated carbocycles. The summed E-state index contributed by atoms with van der Waals surface area (Å²) in [5, 5.41) is 13.3. The Balaban J connectivity index is 1.70. The summed E-state index contributed by atoms with van der Waals surface area (Å²) in [6.45, 7) is 0.769. The normalized spacial score (nSPS) is 19.3. The maximum atomic E-state index is 9.28. The predicted octanol–water partition coefficient (Wildman–Crippen LogP) is 3.70. The van der Waals surface area contributed by atoms with Gasteiger partial charge in [0.1, 0.15) is 17.6 Å². The fourth-order valence-electron chi connectivity index (χ4n) is 3.47. The number of nitrogens with zero attached hydrogens (tertiary/aromatic N) is 2. The highest BCUT2D eigenvalue weighted by atomic mass is 32.1. The minimum Gasteiger partial charge on any atom is -0.459 e. The van der Waals surface area contributed by atoms with Gasteiger partial charge in [-0.3, -0.25) is 4.98 Å². The van der Waals surface area contributed by atoms with Gasteiger partial charge in [-0.1, -0.05) is 36.4 Å². The molecule has 0 aliphatic carbocycles. The molecule has 0 spiro atoms. The zero-order valence-electron chi connectivity index (χ0n) is 14.8. The lowest BCUT2D eigenvalue weighted by Gasteiger charge is -2.25. The molecule has 0 unspecified atom stereocenters. The number of thiocarbonyl (C=S) groups is 1. The summed E-state index contributed by atoms with van der Waals surface area (Å²) < 4.78 is 6.23. The van der Waals surface area contributed by atoms with Gasteiger partial charge in [-0.25, -0.2) is 0 Å². The number of rotatable bonds is 6. The van der Waals surface area contributed by atoms with E-state index in [1.165, 1.54) is 0 Å². The van der Waals surface area contributed by atoms with Gasteiger partial charge < -0.3 is 19.7 Å². The smallest absolute Gasteiger partial charge is 0.170 e. The highest BCUT2D eigenvalue weighted by Gasteiger charge is 2.41. The number of aliphatic hydroxyl groups is 1. The SMILES string of the molecule is OCCCN1C(=S)N[C@@H](c2ccccn2)[C@@H]1c1ccc(-c2ccccc2)o1. The van der Waals surface area contributed by atoms with Crippen molar-refractivity contribution in [3.05, 3.63) is 78.3 Å². The van der Waals surface area contributed by atoms with Crippen molar-refractivity contribution >= 4 is 17.3 Å². The summed E-state index contributed by atoms with van der Waals surface area (Å²) in [4.78, 5) is 6.59. The van der Waals surface area contributed by atoms with Crippen LogP contribution < -0.4 is 5.32 Å². The summed E-state index contributed by atoms with van der Waals surface area (Å²) in [6.07, 6.45) is 2.42. The molecule has 1 fully saturated rings. The quantitative estimate of drug-likeness (QED) is 0.637. The second-order valence-corrected chi connectivity index (χ2v) is 6.85. The number of aromatic nitrogens is 1. The average molecular weight is 379 g/mol. The van der Waals surface area contributed by atoms with E-state index in [0.29, 0.717) is 18.1 Å². The molecule has 3 heterocycles. The van der Waals surface area contributed by atoms with Gasteiger partial charge in [0.25, 0.3) is 0 Å². The van der Waals surface area contributed by atoms with Gasteiger partial charge in [-0.05, 0) is 42.9 Å². The van der Waals surface area contributed by atoms with Crippen molar-refractivity contribution in [1.82, 2.24) is 15.2 Å². The van der Waals surface area contributed by atoms with Gasteiger partial charge in [0, 0.05) is 24.9 Å². The van der Waals surface area contributed by atoms with Gasteiger partial charge in [-0.15, -0.1) is 0 Å². The third-order valence-corrected chi connectivity index (χ3v) is 5.08. The van der Waals surface area contributed by atoms with Gasteiger partial charge in [-0.2, -0.15) is 0 Å². The van der Waals surface area contributed by atoms with Crippen LogP contribution in [0.2, 0.25) is 0 Å². The predicted molar refractivity (Wildman–Crippen MR) is 108 cm³/mol. The summed E-state index contributed by atoms with van der Waals surface area (Å²) in [5.74, 6) is 1.65. The molecule has 0 radical (unpaired) electrons. The molecule has 6 heteroatoms. The topological polar surface area (TPSA) is 61.5 Å². The highest BCUT2D eigenvalue weighted by molar-refractivity contribution is 7.80. The van der Waals surface area contributed by atoms with Crippen LogP contribution >= 0.6 is 12.2 Å². The van der Waals surface area contributed by atoms with Crippen molar-refractivity contribution in [3.8, 4) is 11.3 Å². The maximum Gasteiger partial charge on any atom is 0.170 e. The molecule has 2 atom stereocenters. The Bertz CT molecular complexity index is 898. The molecule has 2 aromatic heterocycles. The van der Waals surface area contributed by atoms with Gasteiger partial charge in [0.05, 0.1) is 11.7 Å². The molecule has 2 N–H and O–H groups in total. The van der Waals surface area contributed by atoms with Crippen molar-refractivity contribution < 1.29 is 9.52 Å². The number of pyridine rings is 1. The largest absolute Gasteiger partial charge is 0.459 e. The number of hydrogen-bond donors (Lipinski definition) is 2. The minimum atomic E-state index is -0.114. The maximum absolute atomic E-state index is 9.28. The fraction of sp³-hybridized carbons (Fsp3) is 0.238. The molecule has 3 aromatic rings. The Kier molecular flexibility index (Phi) is 5.18. The standard InChI is InChI=1S/C21H21N3O2S/c25-14-6-13-24-20(19(23-21(24)27)16-9-4-5-12-22-16)18-11-10-17(26-18)15-7-2-1-3-8-15/h1-5,7-12,19-20,25H,6,13-14H2,(H,23,27)/t19-,20-/m0/s1. The lowest BCUT2D eigenvalue weighted by Crippen LogP contribution is -2.30. The molecular weight excluding hydrogens is 358 g/mol.